The highest BCUT2D eigenvalue weighted by Crippen LogP contribution is 2.13. The number of ether oxygens (including phenoxy) is 1. The van der Waals surface area contributed by atoms with Gasteiger partial charge in [0.15, 0.2) is 0 Å². The fourth-order valence-corrected chi connectivity index (χ4v) is 1.28. The molecule has 0 spiro atoms. The number of hydrogen-bond acceptors (Lipinski definition) is 3. The molecule has 0 radical (unpaired) electrons. The molecule has 1 aromatic rings. The van der Waals surface area contributed by atoms with Gasteiger partial charge >= 0.3 is 5.97 Å². The summed E-state index contributed by atoms with van der Waals surface area (Å²) < 4.78 is 5.34. The molecule has 1 aromatic carbocycles. The van der Waals surface area contributed by atoms with Gasteiger partial charge in [-0.2, -0.15) is 0 Å². The van der Waals surface area contributed by atoms with E-state index in [1.54, 1.807) is 12.1 Å². The van der Waals surface area contributed by atoms with E-state index in [0.29, 0.717) is 11.6 Å². The maximum Gasteiger partial charge on any atom is 0.320 e. The summed E-state index contributed by atoms with van der Waals surface area (Å²) in [6.45, 7) is 0.285. The van der Waals surface area contributed by atoms with Crippen LogP contribution in [0.25, 0.3) is 0 Å². The van der Waals surface area contributed by atoms with Crippen LogP contribution < -0.4 is 10.5 Å². The molecule has 16 heavy (non-hydrogen) atoms. The van der Waals surface area contributed by atoms with Crippen LogP contribution >= 0.6 is 11.6 Å². The van der Waals surface area contributed by atoms with E-state index >= 15 is 0 Å². The van der Waals surface area contributed by atoms with Crippen LogP contribution in [-0.4, -0.2) is 23.7 Å². The predicted octanol–water partition coefficient (Wildman–Crippen LogP) is 1.61. The van der Waals surface area contributed by atoms with E-state index in [4.69, 9.17) is 27.2 Å². The molecule has 4 nitrogen and oxygen atoms in total. The lowest BCUT2D eigenvalue weighted by Gasteiger charge is -2.08. The first-order chi connectivity index (χ1) is 7.63. The quantitative estimate of drug-likeness (QED) is 0.745. The van der Waals surface area contributed by atoms with Crippen molar-refractivity contribution < 1.29 is 14.6 Å². The zero-order valence-corrected chi connectivity index (χ0v) is 9.48. The van der Waals surface area contributed by atoms with Crippen LogP contribution in [0.3, 0.4) is 0 Å². The fraction of sp³-hybridized carbons (Fsp3) is 0.364. The lowest BCUT2D eigenvalue weighted by molar-refractivity contribution is -0.138. The summed E-state index contributed by atoms with van der Waals surface area (Å²) in [6.07, 6.45) is 0.284. The third-order valence-electron chi connectivity index (χ3n) is 2.09. The Balaban J connectivity index is 2.34. The normalized spacial score (nSPS) is 12.1. The minimum Gasteiger partial charge on any atom is -0.494 e. The molecule has 0 aromatic heterocycles. The number of hydrogen-bond donors (Lipinski definition) is 2. The highest BCUT2D eigenvalue weighted by Gasteiger charge is 2.10. The molecule has 1 rings (SSSR count). The maximum atomic E-state index is 10.4. The van der Waals surface area contributed by atoms with Crippen molar-refractivity contribution in [3.8, 4) is 5.75 Å². The zero-order valence-electron chi connectivity index (χ0n) is 8.73. The maximum absolute atomic E-state index is 10.4. The Morgan fingerprint density at radius 3 is 2.56 bits per heavy atom. The van der Waals surface area contributed by atoms with E-state index in [-0.39, 0.29) is 13.0 Å². The van der Waals surface area contributed by atoms with Crippen LogP contribution in [-0.2, 0) is 10.7 Å². The summed E-state index contributed by atoms with van der Waals surface area (Å²) in [5.74, 6) is 0.136. The molecule has 1 atom stereocenters. The average Bonchev–Trinajstić information content (AvgIpc) is 2.29. The molecule has 3 N–H and O–H groups in total. The SMILES string of the molecule is NC(CCOc1ccc(CCl)cc1)C(=O)O. The standard InChI is InChI=1S/C11H14ClNO3/c12-7-8-1-3-9(4-2-8)16-6-5-10(13)11(14)15/h1-4,10H,5-7,13H2,(H,14,15). The average molecular weight is 244 g/mol. The lowest BCUT2D eigenvalue weighted by atomic mass is 10.2. The van der Waals surface area contributed by atoms with Crippen LogP contribution in [0.15, 0.2) is 24.3 Å². The van der Waals surface area contributed by atoms with Crippen molar-refractivity contribution >= 4 is 17.6 Å². The van der Waals surface area contributed by atoms with Gasteiger partial charge in [0.2, 0.25) is 0 Å². The van der Waals surface area contributed by atoms with E-state index in [1.165, 1.54) is 0 Å². The van der Waals surface area contributed by atoms with Crippen LogP contribution in [0.5, 0.6) is 5.75 Å². The van der Waals surface area contributed by atoms with Crippen molar-refractivity contribution in [1.82, 2.24) is 0 Å². The number of aliphatic carboxylic acids is 1. The monoisotopic (exact) mass is 243 g/mol. The van der Waals surface area contributed by atoms with Gasteiger partial charge in [-0.3, -0.25) is 4.79 Å². The first-order valence-electron chi connectivity index (χ1n) is 4.89. The molecule has 5 heteroatoms. The summed E-state index contributed by atoms with van der Waals surface area (Å²) in [6, 6.07) is 6.44. The van der Waals surface area contributed by atoms with Crippen LogP contribution in [0.2, 0.25) is 0 Å². The second kappa shape index (κ2) is 6.35. The number of carboxylic acids is 1. The van der Waals surface area contributed by atoms with Crippen molar-refractivity contribution in [3.05, 3.63) is 29.8 Å². The van der Waals surface area contributed by atoms with Gasteiger partial charge in [0, 0.05) is 12.3 Å². The third-order valence-corrected chi connectivity index (χ3v) is 2.40. The van der Waals surface area contributed by atoms with Gasteiger partial charge < -0.3 is 15.6 Å². The van der Waals surface area contributed by atoms with Crippen molar-refractivity contribution in [2.24, 2.45) is 5.73 Å². The second-order valence-electron chi connectivity index (χ2n) is 3.36. The number of benzene rings is 1. The van der Waals surface area contributed by atoms with Gasteiger partial charge in [-0.1, -0.05) is 12.1 Å². The summed E-state index contributed by atoms with van der Waals surface area (Å²) in [5.41, 5.74) is 6.34. The fourth-order valence-electron chi connectivity index (χ4n) is 1.10. The summed E-state index contributed by atoms with van der Waals surface area (Å²) in [4.78, 5) is 10.4. The van der Waals surface area contributed by atoms with E-state index in [1.807, 2.05) is 12.1 Å². The molecule has 88 valence electrons. The van der Waals surface area contributed by atoms with Gasteiger partial charge in [-0.25, -0.2) is 0 Å². The Morgan fingerprint density at radius 1 is 1.44 bits per heavy atom. The van der Waals surface area contributed by atoms with Crippen molar-refractivity contribution in [2.45, 2.75) is 18.3 Å². The smallest absolute Gasteiger partial charge is 0.320 e. The van der Waals surface area contributed by atoms with E-state index in [0.717, 1.165) is 5.56 Å². The Hall–Kier alpha value is -1.26. The molecule has 0 fully saturated rings. The zero-order chi connectivity index (χ0) is 12.0. The number of nitrogens with two attached hydrogens (primary N) is 1. The van der Waals surface area contributed by atoms with E-state index < -0.39 is 12.0 Å². The Kier molecular flexibility index (Phi) is 5.08. The van der Waals surface area contributed by atoms with E-state index in [2.05, 4.69) is 0 Å². The Bertz CT molecular complexity index is 340. The largest absolute Gasteiger partial charge is 0.494 e. The first-order valence-corrected chi connectivity index (χ1v) is 5.43. The van der Waals surface area contributed by atoms with Crippen molar-refractivity contribution in [2.75, 3.05) is 6.61 Å². The van der Waals surface area contributed by atoms with Gasteiger partial charge in [0.05, 0.1) is 6.61 Å². The number of carbonyl (C=O) groups is 1. The number of carboxylic acid groups (broad SMARTS) is 1. The van der Waals surface area contributed by atoms with Crippen LogP contribution in [0.1, 0.15) is 12.0 Å². The minimum absolute atomic E-state index is 0.284. The summed E-state index contributed by atoms with van der Waals surface area (Å²) in [7, 11) is 0. The van der Waals surface area contributed by atoms with Crippen LogP contribution in [0.4, 0.5) is 0 Å². The highest BCUT2D eigenvalue weighted by atomic mass is 35.5. The molecule has 0 saturated heterocycles. The summed E-state index contributed by atoms with van der Waals surface area (Å²) >= 11 is 5.64. The molecule has 0 heterocycles. The molecular formula is C11H14ClNO3. The minimum atomic E-state index is -1.01. The topological polar surface area (TPSA) is 72.5 Å². The van der Waals surface area contributed by atoms with Crippen LogP contribution in [0, 0.1) is 0 Å². The number of rotatable bonds is 6. The summed E-state index contributed by atoms with van der Waals surface area (Å²) in [5, 5.41) is 8.55. The lowest BCUT2D eigenvalue weighted by Crippen LogP contribution is -2.31. The second-order valence-corrected chi connectivity index (χ2v) is 3.63. The first kappa shape index (κ1) is 12.8. The Labute approximate surface area is 99.0 Å². The predicted molar refractivity (Wildman–Crippen MR) is 61.7 cm³/mol. The van der Waals surface area contributed by atoms with Gasteiger partial charge in [0.1, 0.15) is 11.8 Å². The third kappa shape index (κ3) is 4.08. The molecule has 0 bridgehead atoms. The molecular weight excluding hydrogens is 230 g/mol. The molecule has 0 aliphatic heterocycles. The molecule has 0 aliphatic rings. The number of halogens is 1. The Morgan fingerprint density at radius 2 is 2.06 bits per heavy atom. The molecule has 0 amide bonds. The van der Waals surface area contributed by atoms with Crippen molar-refractivity contribution in [1.29, 1.82) is 0 Å². The highest BCUT2D eigenvalue weighted by molar-refractivity contribution is 6.17. The van der Waals surface area contributed by atoms with Gasteiger partial charge in [-0.15, -0.1) is 11.6 Å². The van der Waals surface area contributed by atoms with Gasteiger partial charge in [0.25, 0.3) is 0 Å². The van der Waals surface area contributed by atoms with Crippen molar-refractivity contribution in [3.63, 3.8) is 0 Å². The number of alkyl halides is 1. The molecule has 0 saturated carbocycles. The van der Waals surface area contributed by atoms with E-state index in [9.17, 15) is 4.79 Å². The molecule has 0 aliphatic carbocycles. The molecule has 1 unspecified atom stereocenters. The van der Waals surface area contributed by atoms with Gasteiger partial charge in [-0.05, 0) is 17.7 Å².